The maximum Gasteiger partial charge on any atom is 0.295 e. The van der Waals surface area contributed by atoms with Crippen molar-refractivity contribution in [2.24, 2.45) is 0 Å². The molecule has 0 bridgehead atoms. The van der Waals surface area contributed by atoms with E-state index in [1.807, 2.05) is 0 Å². The van der Waals surface area contributed by atoms with Crippen molar-refractivity contribution >= 4 is 43.0 Å². The highest BCUT2D eigenvalue weighted by Gasteiger charge is 2.36. The molecule has 0 spiro atoms. The molecular weight excluding hydrogens is 798 g/mol. The summed E-state index contributed by atoms with van der Waals surface area (Å²) >= 11 is 5.72. The lowest BCUT2D eigenvalue weighted by atomic mass is 9.84. The number of nitrogens with one attached hydrogen (secondary N) is 1. The predicted octanol–water partition coefficient (Wildman–Crippen LogP) is 5.90. The van der Waals surface area contributed by atoms with Crippen LogP contribution in [0.2, 0.25) is 0 Å². The van der Waals surface area contributed by atoms with Gasteiger partial charge >= 0.3 is 0 Å². The Morgan fingerprint density at radius 1 is 0.845 bits per heavy atom. The van der Waals surface area contributed by atoms with E-state index >= 15 is 0 Å². The van der Waals surface area contributed by atoms with Crippen molar-refractivity contribution in [2.45, 2.75) is 107 Å². The number of anilines is 1. The number of fused-ring (bicyclic) bond motifs is 5. The van der Waals surface area contributed by atoms with Crippen molar-refractivity contribution in [1.82, 2.24) is 9.30 Å². The summed E-state index contributed by atoms with van der Waals surface area (Å²) in [5.74, 6) is 2.13. The van der Waals surface area contributed by atoms with Crippen molar-refractivity contribution < 1.29 is 35.6 Å². The highest BCUT2D eigenvalue weighted by Crippen LogP contribution is 2.48. The summed E-state index contributed by atoms with van der Waals surface area (Å²) < 4.78 is 88.4. The number of rotatable bonds is 19. The van der Waals surface area contributed by atoms with Crippen LogP contribution in [0.15, 0.2) is 40.1 Å². The molecule has 0 saturated carbocycles. The van der Waals surface area contributed by atoms with Gasteiger partial charge in [0.25, 0.3) is 10.1 Å². The second-order valence-electron chi connectivity index (χ2n) is 15.8. The summed E-state index contributed by atoms with van der Waals surface area (Å²) in [6.07, 6.45) is 12.5. The van der Waals surface area contributed by atoms with E-state index in [-0.39, 0.29) is 23.6 Å². The van der Waals surface area contributed by atoms with Gasteiger partial charge in [-0.3, -0.25) is 4.55 Å². The zero-order valence-corrected chi connectivity index (χ0v) is 36.4. The second-order valence-corrected chi connectivity index (χ2v) is 19.3. The minimum absolute atomic E-state index is 0.0236. The number of nitrogens with zero attached hydrogens (tertiary/aromatic N) is 2. The van der Waals surface area contributed by atoms with E-state index in [1.165, 1.54) is 34.3 Å². The summed E-state index contributed by atoms with van der Waals surface area (Å²) in [5.41, 5.74) is 7.51. The molecule has 0 unspecified atom stereocenters. The molecule has 316 valence electrons. The first kappa shape index (κ1) is 43.1. The summed E-state index contributed by atoms with van der Waals surface area (Å²) in [6.45, 7) is 9.55. The fraction of sp³-hybridized carbons (Fsp3) is 0.568. The Balaban J connectivity index is 1.28. The Labute approximate surface area is 349 Å². The first-order valence-corrected chi connectivity index (χ1v) is 24.8. The molecule has 2 N–H and O–H groups in total. The fourth-order valence-corrected chi connectivity index (χ4v) is 11.3. The van der Waals surface area contributed by atoms with Gasteiger partial charge in [0.15, 0.2) is 0 Å². The molecule has 0 aromatic heterocycles. The van der Waals surface area contributed by atoms with Crippen LogP contribution in [-0.4, -0.2) is 86.4 Å². The van der Waals surface area contributed by atoms with Gasteiger partial charge < -0.3 is 19.1 Å². The van der Waals surface area contributed by atoms with Gasteiger partial charge in [-0.25, -0.2) is 17.7 Å². The molecule has 0 saturated heterocycles. The number of alkyl halides is 1. The Morgan fingerprint density at radius 2 is 1.62 bits per heavy atom. The number of ether oxygens (including phenoxy) is 3. The molecule has 0 radical (unpaired) electrons. The van der Waals surface area contributed by atoms with Crippen LogP contribution in [0.4, 0.5) is 5.69 Å². The third kappa shape index (κ3) is 9.16. The standard InChI is InChI=1S/C44H58ClN3O8S2/c1-3-13-31-28-37-40(34-18-17-33(30-39(34)58(51,52)53)57(49,50)46-20-25-55-27-26-54-24-10-6-5-8-19-45)38-29-32-14-7-9-21-48-23-12-16-36(42(32)48)44(38)56-43(37)35-15-11-22-47(4-2)41(31)35/h17-18,28-30,46H,3-16,19-27H2,1-2H3/p+1. The quantitative estimate of drug-likeness (QED) is 0.0513. The maximum absolute atomic E-state index is 13.6. The van der Waals surface area contributed by atoms with Gasteiger partial charge in [0.05, 0.1) is 30.3 Å². The molecule has 0 amide bonds. The second kappa shape index (κ2) is 19.1. The highest BCUT2D eigenvalue weighted by molar-refractivity contribution is 7.89. The number of benzene rings is 3. The van der Waals surface area contributed by atoms with E-state index in [1.54, 1.807) is 0 Å². The molecule has 11 nitrogen and oxygen atoms in total. The Bertz CT molecular complexity index is 2350. The molecule has 4 aliphatic heterocycles. The van der Waals surface area contributed by atoms with Gasteiger partial charge in [0, 0.05) is 83.7 Å². The van der Waals surface area contributed by atoms with E-state index < -0.39 is 25.0 Å². The number of unbranched alkanes of at least 4 members (excludes halogenated alkanes) is 3. The molecular formula is C44H59ClN3O8S2+. The SMILES string of the molecule is CCCc1cc2c(c3c1N(CC)CCC3)Oc1c3c4c(cc1=C2c1ccc(S(=O)(=O)NCCOCCOCCCCCCCl)cc1S(=O)(=O)O)CCCC[N+]=4CCC3. The lowest BCUT2D eigenvalue weighted by molar-refractivity contribution is 0.0485. The van der Waals surface area contributed by atoms with Crippen molar-refractivity contribution in [3.63, 3.8) is 0 Å². The van der Waals surface area contributed by atoms with Crippen LogP contribution in [-0.2, 0) is 55.3 Å². The average molecular weight is 858 g/mol. The van der Waals surface area contributed by atoms with Gasteiger partial charge in [-0.15, -0.1) is 11.6 Å². The number of aryl methyl sites for hydroxylation is 2. The van der Waals surface area contributed by atoms with Gasteiger partial charge in [0.2, 0.25) is 15.4 Å². The molecule has 0 fully saturated rings. The molecule has 3 aromatic carbocycles. The zero-order chi connectivity index (χ0) is 40.9. The Morgan fingerprint density at radius 3 is 2.40 bits per heavy atom. The van der Waals surface area contributed by atoms with E-state index in [4.69, 9.17) is 25.8 Å². The molecule has 58 heavy (non-hydrogen) atoms. The lowest BCUT2D eigenvalue weighted by Crippen LogP contribution is -2.41. The van der Waals surface area contributed by atoms with Crippen molar-refractivity contribution in [3.05, 3.63) is 74.3 Å². The maximum atomic E-state index is 13.6. The molecule has 0 aliphatic carbocycles. The largest absolute Gasteiger partial charge is 0.455 e. The topological polar surface area (TPSA) is 134 Å². The predicted molar refractivity (Wildman–Crippen MR) is 229 cm³/mol. The van der Waals surface area contributed by atoms with Crippen LogP contribution < -0.4 is 29.5 Å². The normalized spacial score (nSPS) is 16.3. The molecule has 14 heteroatoms. The van der Waals surface area contributed by atoms with E-state index in [9.17, 15) is 21.4 Å². The zero-order valence-electron chi connectivity index (χ0n) is 34.0. The summed E-state index contributed by atoms with van der Waals surface area (Å²) in [7, 11) is -9.10. The number of sulfonamides is 1. The van der Waals surface area contributed by atoms with E-state index in [2.05, 4.69) is 40.2 Å². The number of halogens is 1. The molecule has 3 aromatic rings. The first-order chi connectivity index (χ1) is 28.1. The number of hydrogen-bond acceptors (Lipinski definition) is 8. The summed E-state index contributed by atoms with van der Waals surface area (Å²) in [4.78, 5) is 1.70. The van der Waals surface area contributed by atoms with Crippen molar-refractivity contribution in [2.75, 3.05) is 69.9 Å². The minimum atomic E-state index is -4.92. The first-order valence-electron chi connectivity index (χ1n) is 21.3. The Hall–Kier alpha value is -3.04. The van der Waals surface area contributed by atoms with Crippen LogP contribution >= 0.6 is 11.6 Å². The molecule has 4 heterocycles. The number of hydrogen-bond donors (Lipinski definition) is 2. The monoisotopic (exact) mass is 856 g/mol. The minimum Gasteiger partial charge on any atom is -0.455 e. The molecule has 4 aliphatic rings. The van der Waals surface area contributed by atoms with Crippen molar-refractivity contribution in [1.29, 1.82) is 0 Å². The fourth-order valence-electron chi connectivity index (χ4n) is 9.26. The van der Waals surface area contributed by atoms with Gasteiger partial charge in [-0.2, -0.15) is 8.42 Å². The van der Waals surface area contributed by atoms with Gasteiger partial charge in [0.1, 0.15) is 29.5 Å². The lowest BCUT2D eigenvalue weighted by Gasteiger charge is -2.36. The van der Waals surface area contributed by atoms with Gasteiger partial charge in [-0.1, -0.05) is 32.3 Å². The average Bonchev–Trinajstić information content (AvgIpc) is 3.43. The van der Waals surface area contributed by atoms with E-state index in [0.717, 1.165) is 149 Å². The third-order valence-corrected chi connectivity index (χ3v) is 14.5. The van der Waals surface area contributed by atoms with Crippen molar-refractivity contribution in [3.8, 4) is 11.5 Å². The van der Waals surface area contributed by atoms with Crippen LogP contribution in [0.3, 0.4) is 0 Å². The smallest absolute Gasteiger partial charge is 0.295 e. The van der Waals surface area contributed by atoms with Crippen LogP contribution in [0, 0.1) is 0 Å². The Kier molecular flexibility index (Phi) is 14.2. The molecule has 0 atom stereocenters. The van der Waals surface area contributed by atoms with E-state index in [0.29, 0.717) is 31.3 Å². The van der Waals surface area contributed by atoms with Crippen LogP contribution in [0.25, 0.3) is 5.57 Å². The van der Waals surface area contributed by atoms with Crippen LogP contribution in [0.1, 0.15) is 105 Å². The summed E-state index contributed by atoms with van der Waals surface area (Å²) in [6, 6.07) is 8.37. The highest BCUT2D eigenvalue weighted by atomic mass is 35.5. The van der Waals surface area contributed by atoms with Gasteiger partial charge in [-0.05, 0) is 88.1 Å². The molecule has 7 rings (SSSR count). The summed E-state index contributed by atoms with van der Waals surface area (Å²) in [5, 5.41) is 2.02. The third-order valence-electron chi connectivity index (χ3n) is 11.9. The van der Waals surface area contributed by atoms with Crippen LogP contribution in [0.5, 0.6) is 11.5 Å².